The summed E-state index contributed by atoms with van der Waals surface area (Å²) in [6.07, 6.45) is 0.304. The van der Waals surface area contributed by atoms with E-state index in [4.69, 9.17) is 0 Å². The molecule has 1 aromatic rings. The van der Waals surface area contributed by atoms with E-state index in [0.717, 1.165) is 12.1 Å². The predicted molar refractivity (Wildman–Crippen MR) is 69.7 cm³/mol. The van der Waals surface area contributed by atoms with Crippen LogP contribution in [0.3, 0.4) is 0 Å². The number of hydrogen-bond donors (Lipinski definition) is 1. The van der Waals surface area contributed by atoms with E-state index in [1.54, 1.807) is 6.92 Å². The fourth-order valence-corrected chi connectivity index (χ4v) is 3.94. The number of hydrogen-bond acceptors (Lipinski definition) is 3. The highest BCUT2D eigenvalue weighted by Crippen LogP contribution is 2.21. The summed E-state index contributed by atoms with van der Waals surface area (Å²) in [5.74, 6) is -2.99. The smallest absolute Gasteiger partial charge is 0.224 e. The second-order valence-electron chi connectivity index (χ2n) is 5.00. The Hall–Kier alpha value is -1.50. The minimum Gasteiger partial charge on any atom is -0.349 e. The molecular weight excluding hydrogens is 288 g/mol. The molecule has 0 saturated carbocycles. The summed E-state index contributed by atoms with van der Waals surface area (Å²) in [6, 6.07) is 2.88. The Morgan fingerprint density at radius 2 is 2.05 bits per heavy atom. The molecule has 7 heteroatoms. The minimum absolute atomic E-state index is 0.0185. The van der Waals surface area contributed by atoms with Gasteiger partial charge in [-0.2, -0.15) is 0 Å². The lowest BCUT2D eigenvalue weighted by Crippen LogP contribution is -2.33. The molecule has 1 amide bonds. The molecule has 110 valence electrons. The summed E-state index contributed by atoms with van der Waals surface area (Å²) in [4.78, 5) is 11.9. The van der Waals surface area contributed by atoms with Crippen molar-refractivity contribution in [2.24, 2.45) is 5.92 Å². The SMILES string of the molecule is CC(NC(=O)C1CCS(=O)(=O)C1)c1ccc(F)c(F)c1. The van der Waals surface area contributed by atoms with Crippen molar-refractivity contribution < 1.29 is 22.0 Å². The quantitative estimate of drug-likeness (QED) is 0.922. The van der Waals surface area contributed by atoms with Crippen LogP contribution < -0.4 is 5.32 Å². The third kappa shape index (κ3) is 3.33. The van der Waals surface area contributed by atoms with E-state index in [2.05, 4.69) is 5.32 Å². The molecule has 1 aromatic carbocycles. The average Bonchev–Trinajstić information content (AvgIpc) is 2.73. The lowest BCUT2D eigenvalue weighted by Gasteiger charge is -2.17. The lowest BCUT2D eigenvalue weighted by molar-refractivity contribution is -0.124. The number of rotatable bonds is 3. The Balaban J connectivity index is 2.02. The summed E-state index contributed by atoms with van der Waals surface area (Å²) >= 11 is 0. The highest BCUT2D eigenvalue weighted by molar-refractivity contribution is 7.91. The maximum absolute atomic E-state index is 13.1. The first-order valence-electron chi connectivity index (χ1n) is 6.24. The van der Waals surface area contributed by atoms with Gasteiger partial charge >= 0.3 is 0 Å². The fraction of sp³-hybridized carbons (Fsp3) is 0.462. The Kier molecular flexibility index (Phi) is 4.08. The van der Waals surface area contributed by atoms with Crippen molar-refractivity contribution in [2.75, 3.05) is 11.5 Å². The fourth-order valence-electron chi connectivity index (χ4n) is 2.20. The monoisotopic (exact) mass is 303 g/mol. The number of sulfone groups is 1. The zero-order valence-corrected chi connectivity index (χ0v) is 11.7. The van der Waals surface area contributed by atoms with Gasteiger partial charge in [-0.15, -0.1) is 0 Å². The highest BCUT2D eigenvalue weighted by Gasteiger charge is 2.33. The summed E-state index contributed by atoms with van der Waals surface area (Å²) in [5.41, 5.74) is 0.429. The van der Waals surface area contributed by atoms with E-state index in [1.165, 1.54) is 6.07 Å². The Bertz CT molecular complexity index is 631. The Morgan fingerprint density at radius 3 is 2.60 bits per heavy atom. The molecule has 0 radical (unpaired) electrons. The molecule has 2 unspecified atom stereocenters. The van der Waals surface area contributed by atoms with Crippen LogP contribution in [0.5, 0.6) is 0 Å². The maximum atomic E-state index is 13.1. The number of nitrogens with one attached hydrogen (secondary N) is 1. The molecular formula is C13H15F2NO3S. The van der Waals surface area contributed by atoms with Gasteiger partial charge in [-0.05, 0) is 31.0 Å². The number of amides is 1. The molecule has 4 nitrogen and oxygen atoms in total. The molecule has 0 aliphatic carbocycles. The van der Waals surface area contributed by atoms with Gasteiger partial charge in [0.25, 0.3) is 0 Å². The molecule has 20 heavy (non-hydrogen) atoms. The van der Waals surface area contributed by atoms with Crippen LogP contribution in [0.2, 0.25) is 0 Å². The molecule has 0 spiro atoms. The van der Waals surface area contributed by atoms with Crippen molar-refractivity contribution in [1.82, 2.24) is 5.32 Å². The number of benzene rings is 1. The standard InChI is InChI=1S/C13H15F2NO3S/c1-8(9-2-3-11(14)12(15)6-9)16-13(17)10-4-5-20(18,19)7-10/h2-3,6,8,10H,4-5,7H2,1H3,(H,16,17). The largest absolute Gasteiger partial charge is 0.349 e. The van der Waals surface area contributed by atoms with Crippen molar-refractivity contribution >= 4 is 15.7 Å². The number of carbonyl (C=O) groups is 1. The lowest BCUT2D eigenvalue weighted by atomic mass is 10.1. The number of halogens is 2. The minimum atomic E-state index is -3.12. The van der Waals surface area contributed by atoms with Gasteiger partial charge < -0.3 is 5.32 Å². The number of carbonyl (C=O) groups excluding carboxylic acids is 1. The van der Waals surface area contributed by atoms with E-state index < -0.39 is 33.4 Å². The average molecular weight is 303 g/mol. The zero-order chi connectivity index (χ0) is 14.9. The molecule has 1 aliphatic rings. The van der Waals surface area contributed by atoms with E-state index in [0.29, 0.717) is 12.0 Å². The molecule has 1 fully saturated rings. The first-order chi connectivity index (χ1) is 9.28. The summed E-state index contributed by atoms with van der Waals surface area (Å²) in [7, 11) is -3.12. The zero-order valence-electron chi connectivity index (χ0n) is 10.9. The predicted octanol–water partition coefficient (Wildman–Crippen LogP) is 1.58. The van der Waals surface area contributed by atoms with E-state index >= 15 is 0 Å². The molecule has 1 saturated heterocycles. The molecule has 1 heterocycles. The topological polar surface area (TPSA) is 63.2 Å². The van der Waals surface area contributed by atoms with Gasteiger partial charge in [0.15, 0.2) is 21.5 Å². The van der Waals surface area contributed by atoms with Gasteiger partial charge in [-0.1, -0.05) is 6.07 Å². The third-order valence-corrected chi connectivity index (χ3v) is 5.17. The second kappa shape index (κ2) is 5.47. The van der Waals surface area contributed by atoms with Crippen molar-refractivity contribution in [1.29, 1.82) is 0 Å². The Labute approximate surface area is 116 Å². The van der Waals surface area contributed by atoms with Gasteiger partial charge in [0.2, 0.25) is 5.91 Å². The van der Waals surface area contributed by atoms with Crippen LogP contribution >= 0.6 is 0 Å². The molecule has 2 atom stereocenters. The van der Waals surface area contributed by atoms with Crippen LogP contribution in [0.25, 0.3) is 0 Å². The highest BCUT2D eigenvalue weighted by atomic mass is 32.2. The normalized spacial score (nSPS) is 22.4. The van der Waals surface area contributed by atoms with Crippen LogP contribution in [-0.2, 0) is 14.6 Å². The summed E-state index contributed by atoms with van der Waals surface area (Å²) in [5, 5.41) is 2.63. The van der Waals surface area contributed by atoms with Crippen LogP contribution in [0.1, 0.15) is 24.9 Å². The second-order valence-corrected chi connectivity index (χ2v) is 7.23. The third-order valence-electron chi connectivity index (χ3n) is 3.41. The van der Waals surface area contributed by atoms with Crippen LogP contribution in [0, 0.1) is 17.6 Å². The first kappa shape index (κ1) is 14.9. The van der Waals surface area contributed by atoms with Crippen LogP contribution in [0.4, 0.5) is 8.78 Å². The van der Waals surface area contributed by atoms with Crippen molar-refractivity contribution in [2.45, 2.75) is 19.4 Å². The van der Waals surface area contributed by atoms with Crippen molar-refractivity contribution in [3.63, 3.8) is 0 Å². The molecule has 2 rings (SSSR count). The summed E-state index contributed by atoms with van der Waals surface area (Å²) in [6.45, 7) is 1.63. The summed E-state index contributed by atoms with van der Waals surface area (Å²) < 4.78 is 48.6. The van der Waals surface area contributed by atoms with Gasteiger partial charge in [0.1, 0.15) is 0 Å². The molecule has 1 N–H and O–H groups in total. The van der Waals surface area contributed by atoms with Gasteiger partial charge in [0, 0.05) is 0 Å². The van der Waals surface area contributed by atoms with Gasteiger partial charge in [-0.3, -0.25) is 4.79 Å². The first-order valence-corrected chi connectivity index (χ1v) is 8.06. The molecule has 1 aliphatic heterocycles. The molecule has 0 aromatic heterocycles. The van der Waals surface area contributed by atoms with Crippen molar-refractivity contribution in [3.05, 3.63) is 35.4 Å². The van der Waals surface area contributed by atoms with Gasteiger partial charge in [-0.25, -0.2) is 17.2 Å². The Morgan fingerprint density at radius 1 is 1.35 bits per heavy atom. The van der Waals surface area contributed by atoms with Crippen molar-refractivity contribution in [3.8, 4) is 0 Å². The van der Waals surface area contributed by atoms with Gasteiger partial charge in [0.05, 0.1) is 23.5 Å². The van der Waals surface area contributed by atoms with E-state index in [-0.39, 0.29) is 17.4 Å². The maximum Gasteiger partial charge on any atom is 0.224 e. The van der Waals surface area contributed by atoms with Crippen LogP contribution in [-0.4, -0.2) is 25.8 Å². The van der Waals surface area contributed by atoms with Crippen LogP contribution in [0.15, 0.2) is 18.2 Å². The van der Waals surface area contributed by atoms with E-state index in [9.17, 15) is 22.0 Å². The van der Waals surface area contributed by atoms with E-state index in [1.807, 2.05) is 0 Å². The molecule has 0 bridgehead atoms.